The van der Waals surface area contributed by atoms with Crippen LogP contribution in [0.2, 0.25) is 5.02 Å². The van der Waals surface area contributed by atoms with Crippen molar-refractivity contribution in [3.63, 3.8) is 0 Å². The predicted octanol–water partition coefficient (Wildman–Crippen LogP) is 3.36. The van der Waals surface area contributed by atoms with Gasteiger partial charge in [0.25, 0.3) is 17.9 Å². The molecule has 24 heavy (non-hydrogen) atoms. The smallest absolute Gasteiger partial charge is 0.284 e. The highest BCUT2D eigenvalue weighted by atomic mass is 35.5. The molecule has 2 aromatic carbocycles. The molecule has 6 nitrogen and oxygen atoms in total. The monoisotopic (exact) mass is 347 g/mol. The summed E-state index contributed by atoms with van der Waals surface area (Å²) in [5.74, 6) is -0.854. The van der Waals surface area contributed by atoms with E-state index in [1.807, 2.05) is 0 Å². The third-order valence-electron chi connectivity index (χ3n) is 3.71. The maximum Gasteiger partial charge on any atom is 0.284 e. The summed E-state index contributed by atoms with van der Waals surface area (Å²) in [6.07, 6.45) is -2.12. The number of halogens is 2. The lowest BCUT2D eigenvalue weighted by atomic mass is 9.99. The first-order valence-corrected chi connectivity index (χ1v) is 7.31. The lowest BCUT2D eigenvalue weighted by Crippen LogP contribution is -2.32. The van der Waals surface area contributed by atoms with Crippen molar-refractivity contribution in [2.75, 3.05) is 11.9 Å². The van der Waals surface area contributed by atoms with Crippen LogP contribution in [0.4, 0.5) is 15.8 Å². The number of nitro groups is 1. The Morgan fingerprint density at radius 1 is 1.25 bits per heavy atom. The molecule has 0 N–H and O–H groups in total. The fraction of sp³-hybridized carbons (Fsp3) is 0.125. The number of alkyl halides is 1. The van der Waals surface area contributed by atoms with Gasteiger partial charge >= 0.3 is 0 Å². The minimum absolute atomic E-state index is 0.101. The second-order valence-corrected chi connectivity index (χ2v) is 5.56. The number of rotatable bonds is 2. The van der Waals surface area contributed by atoms with Gasteiger partial charge in [-0.15, -0.1) is 0 Å². The van der Waals surface area contributed by atoms with Crippen LogP contribution in [0, 0.1) is 10.1 Å². The number of amides is 1. The maximum atomic E-state index is 14.2. The minimum atomic E-state index is -2.12. The molecule has 122 valence electrons. The van der Waals surface area contributed by atoms with Gasteiger partial charge in [0.05, 0.1) is 16.3 Å². The second kappa shape index (κ2) is 6.01. The number of nitro benzene ring substituents is 1. The van der Waals surface area contributed by atoms with Crippen LogP contribution >= 0.6 is 11.6 Å². The van der Waals surface area contributed by atoms with Gasteiger partial charge < -0.3 is 4.90 Å². The van der Waals surface area contributed by atoms with Crippen molar-refractivity contribution in [3.05, 3.63) is 68.7 Å². The molecule has 0 bridgehead atoms. The van der Waals surface area contributed by atoms with E-state index in [9.17, 15) is 19.3 Å². The van der Waals surface area contributed by atoms with Crippen LogP contribution < -0.4 is 4.90 Å². The normalized spacial score (nSPS) is 17.1. The lowest BCUT2D eigenvalue weighted by molar-refractivity contribution is -0.384. The Balaban J connectivity index is 2.32. The van der Waals surface area contributed by atoms with E-state index in [0.29, 0.717) is 16.3 Å². The van der Waals surface area contributed by atoms with E-state index in [-0.39, 0.29) is 17.0 Å². The number of nitrogens with zero attached hydrogens (tertiary/aromatic N) is 3. The topological polar surface area (TPSA) is 75.8 Å². The van der Waals surface area contributed by atoms with E-state index in [0.717, 1.165) is 4.90 Å². The number of likely N-dealkylation sites (N-methyl/N-ethyl adjacent to an activating group) is 1. The van der Waals surface area contributed by atoms with E-state index in [1.54, 1.807) is 24.3 Å². The molecule has 0 radical (unpaired) electrons. The number of non-ortho nitro benzene ring substituents is 1. The SMILES string of the molecule is CN1C(=O)C(F)N=C(c2ccccc2Cl)c2cc([N+](=O)[O-])ccc21. The number of hydrogen-bond acceptors (Lipinski definition) is 4. The van der Waals surface area contributed by atoms with E-state index in [4.69, 9.17) is 11.6 Å². The summed E-state index contributed by atoms with van der Waals surface area (Å²) in [5, 5.41) is 11.4. The molecule has 0 aliphatic carbocycles. The molecule has 1 amide bonds. The van der Waals surface area contributed by atoms with Crippen molar-refractivity contribution < 1.29 is 14.1 Å². The molecule has 1 aliphatic heterocycles. The van der Waals surface area contributed by atoms with Gasteiger partial charge in [-0.05, 0) is 12.1 Å². The molecule has 1 heterocycles. The van der Waals surface area contributed by atoms with Crippen LogP contribution in [0.25, 0.3) is 0 Å². The lowest BCUT2D eigenvalue weighted by Gasteiger charge is -2.18. The van der Waals surface area contributed by atoms with E-state index in [1.165, 1.54) is 25.2 Å². The van der Waals surface area contributed by atoms with Gasteiger partial charge in [0.1, 0.15) is 0 Å². The molecule has 0 spiro atoms. The van der Waals surface area contributed by atoms with E-state index >= 15 is 0 Å². The molecule has 1 aliphatic rings. The minimum Gasteiger partial charge on any atom is -0.311 e. The van der Waals surface area contributed by atoms with Crippen LogP contribution in [0.5, 0.6) is 0 Å². The Labute approximate surface area is 141 Å². The fourth-order valence-corrected chi connectivity index (χ4v) is 2.73. The second-order valence-electron chi connectivity index (χ2n) is 5.15. The summed E-state index contributed by atoms with van der Waals surface area (Å²) < 4.78 is 14.2. The van der Waals surface area contributed by atoms with Gasteiger partial charge in [-0.1, -0.05) is 29.8 Å². The van der Waals surface area contributed by atoms with Crippen molar-refractivity contribution in [1.82, 2.24) is 0 Å². The molecule has 0 fully saturated rings. The average Bonchev–Trinajstić information content (AvgIpc) is 2.66. The van der Waals surface area contributed by atoms with Crippen molar-refractivity contribution in [2.45, 2.75) is 6.30 Å². The van der Waals surface area contributed by atoms with E-state index < -0.39 is 17.1 Å². The van der Waals surface area contributed by atoms with Crippen LogP contribution in [-0.4, -0.2) is 29.9 Å². The van der Waals surface area contributed by atoms with Gasteiger partial charge in [-0.25, -0.2) is 9.38 Å². The number of benzene rings is 2. The maximum absolute atomic E-state index is 14.2. The van der Waals surface area contributed by atoms with Crippen molar-refractivity contribution in [2.24, 2.45) is 4.99 Å². The number of anilines is 1. The van der Waals surface area contributed by atoms with Crippen LogP contribution in [0.15, 0.2) is 47.5 Å². The van der Waals surface area contributed by atoms with Gasteiger partial charge in [0.15, 0.2) is 0 Å². The van der Waals surface area contributed by atoms with Crippen molar-refractivity contribution in [1.29, 1.82) is 0 Å². The first kappa shape index (κ1) is 16.1. The highest BCUT2D eigenvalue weighted by Crippen LogP contribution is 2.32. The van der Waals surface area contributed by atoms with Crippen LogP contribution in [0.1, 0.15) is 11.1 Å². The highest BCUT2D eigenvalue weighted by molar-refractivity contribution is 6.36. The van der Waals surface area contributed by atoms with Crippen LogP contribution in [-0.2, 0) is 4.79 Å². The largest absolute Gasteiger partial charge is 0.311 e. The Kier molecular flexibility index (Phi) is 4.02. The molecule has 8 heteroatoms. The zero-order valence-electron chi connectivity index (χ0n) is 12.4. The fourth-order valence-electron chi connectivity index (χ4n) is 2.50. The number of carbonyl (C=O) groups is 1. The standard InChI is InChI=1S/C16H11ClFN3O3/c1-20-13-7-6-9(21(23)24)8-11(13)14(19-15(18)16(20)22)10-4-2-3-5-12(10)17/h2-8,15H,1H3. The van der Waals surface area contributed by atoms with Gasteiger partial charge in [-0.2, -0.15) is 0 Å². The summed E-state index contributed by atoms with van der Waals surface area (Å²) in [5.41, 5.74) is 0.903. The number of hydrogen-bond donors (Lipinski definition) is 0. The molecule has 0 saturated carbocycles. The Morgan fingerprint density at radius 2 is 1.96 bits per heavy atom. The third kappa shape index (κ3) is 2.63. The molecule has 0 aromatic heterocycles. The quantitative estimate of drug-likeness (QED) is 0.475. The van der Waals surface area contributed by atoms with Gasteiger partial charge in [0.2, 0.25) is 0 Å². The van der Waals surface area contributed by atoms with E-state index in [2.05, 4.69) is 4.99 Å². The van der Waals surface area contributed by atoms with Crippen molar-refractivity contribution in [3.8, 4) is 0 Å². The number of carbonyl (C=O) groups excluding carboxylic acids is 1. The molecular weight excluding hydrogens is 337 g/mol. The molecule has 2 aromatic rings. The average molecular weight is 348 g/mol. The third-order valence-corrected chi connectivity index (χ3v) is 4.04. The zero-order valence-corrected chi connectivity index (χ0v) is 13.2. The predicted molar refractivity (Wildman–Crippen MR) is 88.5 cm³/mol. The first-order valence-electron chi connectivity index (χ1n) is 6.93. The number of fused-ring (bicyclic) bond motifs is 1. The summed E-state index contributed by atoms with van der Waals surface area (Å²) in [4.78, 5) is 27.5. The summed E-state index contributed by atoms with van der Waals surface area (Å²) in [7, 11) is 1.39. The van der Waals surface area contributed by atoms with Gasteiger partial charge in [-0.3, -0.25) is 14.9 Å². The van der Waals surface area contributed by atoms with Crippen LogP contribution in [0.3, 0.4) is 0 Å². The Hall–Kier alpha value is -2.80. The Bertz CT molecular complexity index is 885. The molecule has 1 atom stereocenters. The summed E-state index contributed by atoms with van der Waals surface area (Å²) in [6.45, 7) is 0. The summed E-state index contributed by atoms with van der Waals surface area (Å²) in [6, 6.07) is 10.5. The number of benzodiazepines with no additional fused rings is 1. The van der Waals surface area contributed by atoms with Gasteiger partial charge in [0, 0.05) is 35.3 Å². The molecule has 0 saturated heterocycles. The zero-order chi connectivity index (χ0) is 17.4. The number of aliphatic imine (C=N–C) groups is 1. The molecule has 1 unspecified atom stereocenters. The van der Waals surface area contributed by atoms with Crippen molar-refractivity contribution >= 4 is 34.6 Å². The molecular formula is C16H11ClFN3O3. The first-order chi connectivity index (χ1) is 11.4. The highest BCUT2D eigenvalue weighted by Gasteiger charge is 2.31. The summed E-state index contributed by atoms with van der Waals surface area (Å²) >= 11 is 6.16. The Morgan fingerprint density at radius 3 is 2.62 bits per heavy atom. The molecule has 3 rings (SSSR count).